The molecule has 4 rings (SSSR count). The average Bonchev–Trinajstić information content (AvgIpc) is 3.13. The highest BCUT2D eigenvalue weighted by atomic mass is 19.1. The first kappa shape index (κ1) is 18.8. The lowest BCUT2D eigenvalue weighted by Gasteiger charge is -2.10. The van der Waals surface area contributed by atoms with Gasteiger partial charge in [-0.05, 0) is 24.6 Å². The standard InChI is InChI=1S/C21H18F2N4O2/c1-2-26-20(28)18-19(27(21(26)29)12-13-7-4-3-5-8-13)25-17(24-18)11-14-15(22)9-6-10-16(14)23/h3-10H,2,11-12H2,1H3,(H,24,25). The Morgan fingerprint density at radius 3 is 2.31 bits per heavy atom. The zero-order valence-electron chi connectivity index (χ0n) is 15.7. The second-order valence-corrected chi connectivity index (χ2v) is 6.66. The lowest BCUT2D eigenvalue weighted by molar-refractivity contribution is 0.559. The van der Waals surface area contributed by atoms with Crippen molar-refractivity contribution in [2.24, 2.45) is 0 Å². The van der Waals surface area contributed by atoms with Crippen molar-refractivity contribution in [1.82, 2.24) is 19.1 Å². The van der Waals surface area contributed by atoms with Gasteiger partial charge in [0.25, 0.3) is 5.56 Å². The molecule has 0 saturated heterocycles. The molecule has 148 valence electrons. The van der Waals surface area contributed by atoms with Gasteiger partial charge in [0.05, 0.1) is 6.54 Å². The highest BCUT2D eigenvalue weighted by Gasteiger charge is 2.18. The third kappa shape index (κ3) is 3.37. The van der Waals surface area contributed by atoms with E-state index in [2.05, 4.69) is 9.97 Å². The monoisotopic (exact) mass is 396 g/mol. The lowest BCUT2D eigenvalue weighted by atomic mass is 10.1. The fraction of sp³-hybridized carbons (Fsp3) is 0.190. The minimum absolute atomic E-state index is 0.133. The summed E-state index contributed by atoms with van der Waals surface area (Å²) < 4.78 is 30.5. The van der Waals surface area contributed by atoms with Crippen LogP contribution in [0, 0.1) is 11.6 Å². The first-order chi connectivity index (χ1) is 14.0. The van der Waals surface area contributed by atoms with Gasteiger partial charge in [-0.3, -0.25) is 13.9 Å². The van der Waals surface area contributed by atoms with Crippen molar-refractivity contribution < 1.29 is 8.78 Å². The van der Waals surface area contributed by atoms with Gasteiger partial charge >= 0.3 is 5.69 Å². The number of nitrogens with one attached hydrogen (secondary N) is 1. The van der Waals surface area contributed by atoms with E-state index < -0.39 is 22.9 Å². The van der Waals surface area contributed by atoms with Crippen molar-refractivity contribution in [2.45, 2.75) is 26.4 Å². The molecule has 6 nitrogen and oxygen atoms in total. The number of aromatic amines is 1. The van der Waals surface area contributed by atoms with E-state index in [1.54, 1.807) is 6.92 Å². The molecule has 0 aliphatic heterocycles. The molecule has 0 atom stereocenters. The van der Waals surface area contributed by atoms with Gasteiger partial charge in [0.2, 0.25) is 0 Å². The summed E-state index contributed by atoms with van der Waals surface area (Å²) in [6, 6.07) is 12.9. The normalized spacial score (nSPS) is 11.3. The van der Waals surface area contributed by atoms with Gasteiger partial charge in [0.15, 0.2) is 5.65 Å². The van der Waals surface area contributed by atoms with E-state index in [9.17, 15) is 18.4 Å². The van der Waals surface area contributed by atoms with E-state index in [1.807, 2.05) is 30.3 Å². The van der Waals surface area contributed by atoms with Gasteiger partial charge in [-0.15, -0.1) is 0 Å². The molecule has 2 aromatic heterocycles. The number of hydrogen-bond donors (Lipinski definition) is 1. The third-order valence-corrected chi connectivity index (χ3v) is 4.82. The molecule has 0 bridgehead atoms. The molecule has 29 heavy (non-hydrogen) atoms. The smallest absolute Gasteiger partial charge is 0.333 e. The van der Waals surface area contributed by atoms with E-state index in [1.165, 1.54) is 10.6 Å². The summed E-state index contributed by atoms with van der Waals surface area (Å²) in [7, 11) is 0. The molecule has 0 radical (unpaired) electrons. The van der Waals surface area contributed by atoms with Crippen LogP contribution in [0.25, 0.3) is 11.2 Å². The molecule has 4 aromatic rings. The predicted molar refractivity (Wildman–Crippen MR) is 105 cm³/mol. The van der Waals surface area contributed by atoms with Crippen LogP contribution >= 0.6 is 0 Å². The summed E-state index contributed by atoms with van der Waals surface area (Å²) >= 11 is 0. The summed E-state index contributed by atoms with van der Waals surface area (Å²) in [5, 5.41) is 0. The minimum Gasteiger partial charge on any atom is -0.336 e. The number of hydrogen-bond acceptors (Lipinski definition) is 3. The maximum Gasteiger partial charge on any atom is 0.333 e. The van der Waals surface area contributed by atoms with Crippen molar-refractivity contribution in [3.8, 4) is 0 Å². The Labute approximate surface area is 164 Å². The number of imidazole rings is 1. The van der Waals surface area contributed by atoms with E-state index in [-0.39, 0.29) is 42.1 Å². The number of halogens is 2. The van der Waals surface area contributed by atoms with Crippen molar-refractivity contribution in [3.63, 3.8) is 0 Å². The largest absolute Gasteiger partial charge is 0.336 e. The number of nitrogens with zero attached hydrogens (tertiary/aromatic N) is 3. The van der Waals surface area contributed by atoms with E-state index in [0.717, 1.165) is 22.3 Å². The zero-order valence-corrected chi connectivity index (χ0v) is 15.7. The molecule has 2 aromatic carbocycles. The Balaban J connectivity index is 1.88. The molecule has 0 unspecified atom stereocenters. The van der Waals surface area contributed by atoms with E-state index >= 15 is 0 Å². The third-order valence-electron chi connectivity index (χ3n) is 4.82. The van der Waals surface area contributed by atoms with Crippen molar-refractivity contribution in [2.75, 3.05) is 0 Å². The highest BCUT2D eigenvalue weighted by molar-refractivity contribution is 5.70. The topological polar surface area (TPSA) is 72.7 Å². The Bertz CT molecular complexity index is 1290. The Kier molecular flexibility index (Phi) is 4.84. The average molecular weight is 396 g/mol. The molecular formula is C21H18F2N4O2. The van der Waals surface area contributed by atoms with Gasteiger partial charge in [-0.2, -0.15) is 0 Å². The molecule has 0 aliphatic carbocycles. The SMILES string of the molecule is CCn1c(=O)c2[nH]c(Cc3c(F)cccc3F)nc2n(Cc2ccccc2)c1=O. The summed E-state index contributed by atoms with van der Waals surface area (Å²) in [4.78, 5) is 32.8. The van der Waals surface area contributed by atoms with Gasteiger partial charge in [-0.1, -0.05) is 36.4 Å². The van der Waals surface area contributed by atoms with Crippen LogP contribution in [0.5, 0.6) is 0 Å². The fourth-order valence-electron chi connectivity index (χ4n) is 3.35. The summed E-state index contributed by atoms with van der Waals surface area (Å²) in [5.41, 5.74) is 0.0178. The number of benzene rings is 2. The second kappa shape index (κ2) is 7.46. The molecule has 1 N–H and O–H groups in total. The molecule has 0 aliphatic rings. The quantitative estimate of drug-likeness (QED) is 0.564. The predicted octanol–water partition coefficient (Wildman–Crippen LogP) is 2.82. The molecule has 0 amide bonds. The van der Waals surface area contributed by atoms with Crippen molar-refractivity contribution >= 4 is 11.2 Å². The zero-order chi connectivity index (χ0) is 20.5. The second-order valence-electron chi connectivity index (χ2n) is 6.66. The summed E-state index contributed by atoms with van der Waals surface area (Å²) in [6.07, 6.45) is -0.168. The Hall–Kier alpha value is -3.55. The molecule has 0 spiro atoms. The van der Waals surface area contributed by atoms with Crippen LogP contribution in [0.2, 0.25) is 0 Å². The maximum absolute atomic E-state index is 14.0. The van der Waals surface area contributed by atoms with Crippen LogP contribution in [0.4, 0.5) is 8.78 Å². The van der Waals surface area contributed by atoms with Gasteiger partial charge in [0.1, 0.15) is 23.0 Å². The summed E-state index contributed by atoms with van der Waals surface area (Å²) in [6.45, 7) is 2.11. The maximum atomic E-state index is 14.0. The molecule has 0 fully saturated rings. The van der Waals surface area contributed by atoms with Crippen LogP contribution < -0.4 is 11.2 Å². The Morgan fingerprint density at radius 1 is 0.966 bits per heavy atom. The van der Waals surface area contributed by atoms with Crippen molar-refractivity contribution in [3.05, 3.63) is 98.0 Å². The molecule has 2 heterocycles. The first-order valence-electron chi connectivity index (χ1n) is 9.18. The number of aromatic nitrogens is 4. The van der Waals surface area contributed by atoms with Gasteiger partial charge in [0, 0.05) is 18.5 Å². The van der Waals surface area contributed by atoms with E-state index in [0.29, 0.717) is 0 Å². The number of fused-ring (bicyclic) bond motifs is 1. The number of H-pyrrole nitrogens is 1. The van der Waals surface area contributed by atoms with E-state index in [4.69, 9.17) is 0 Å². The summed E-state index contributed by atoms with van der Waals surface area (Å²) in [5.74, 6) is -1.19. The van der Waals surface area contributed by atoms with Crippen LogP contribution in [-0.4, -0.2) is 19.1 Å². The van der Waals surface area contributed by atoms with Gasteiger partial charge < -0.3 is 4.98 Å². The van der Waals surface area contributed by atoms with Gasteiger partial charge in [-0.25, -0.2) is 18.6 Å². The van der Waals surface area contributed by atoms with Crippen LogP contribution in [0.15, 0.2) is 58.1 Å². The molecule has 0 saturated carbocycles. The van der Waals surface area contributed by atoms with Crippen molar-refractivity contribution in [1.29, 1.82) is 0 Å². The van der Waals surface area contributed by atoms with Crippen LogP contribution in [-0.2, 0) is 19.5 Å². The lowest BCUT2D eigenvalue weighted by Crippen LogP contribution is -2.39. The number of rotatable bonds is 5. The highest BCUT2D eigenvalue weighted by Crippen LogP contribution is 2.17. The molecular weight excluding hydrogens is 378 g/mol. The Morgan fingerprint density at radius 2 is 1.66 bits per heavy atom. The first-order valence-corrected chi connectivity index (χ1v) is 9.18. The van der Waals surface area contributed by atoms with Crippen LogP contribution in [0.1, 0.15) is 23.9 Å². The molecule has 8 heteroatoms. The van der Waals surface area contributed by atoms with Crippen LogP contribution in [0.3, 0.4) is 0 Å². The fourth-order valence-corrected chi connectivity index (χ4v) is 3.35. The minimum atomic E-state index is -0.696.